The summed E-state index contributed by atoms with van der Waals surface area (Å²) in [6, 6.07) is 8.14. The van der Waals surface area contributed by atoms with Gasteiger partial charge >= 0.3 is 0 Å². The summed E-state index contributed by atoms with van der Waals surface area (Å²) in [5.41, 5.74) is 6.98. The second-order valence-electron chi connectivity index (χ2n) is 5.35. The van der Waals surface area contributed by atoms with Crippen molar-refractivity contribution in [2.24, 2.45) is 5.73 Å². The lowest BCUT2D eigenvalue weighted by molar-refractivity contribution is -0.134. The molecule has 3 nitrogen and oxygen atoms in total. The van der Waals surface area contributed by atoms with Gasteiger partial charge in [-0.15, -0.1) is 11.8 Å². The molecular formula is C15H18N2OS2. The van der Waals surface area contributed by atoms with Crippen molar-refractivity contribution < 1.29 is 4.79 Å². The molecule has 2 aliphatic rings. The van der Waals surface area contributed by atoms with Crippen molar-refractivity contribution in [1.82, 2.24) is 4.90 Å². The Bertz CT molecular complexity index is 546. The zero-order valence-corrected chi connectivity index (χ0v) is 12.9. The Morgan fingerprint density at radius 3 is 2.95 bits per heavy atom. The van der Waals surface area contributed by atoms with E-state index in [1.54, 1.807) is 11.8 Å². The topological polar surface area (TPSA) is 46.3 Å². The highest BCUT2D eigenvalue weighted by Crippen LogP contribution is 2.40. The molecule has 1 fully saturated rings. The van der Waals surface area contributed by atoms with Gasteiger partial charge in [-0.1, -0.05) is 30.4 Å². The molecule has 106 valence electrons. The molecule has 1 amide bonds. The first-order valence-corrected chi connectivity index (χ1v) is 8.39. The number of hydrogen-bond donors (Lipinski definition) is 1. The maximum atomic E-state index is 12.9. The van der Waals surface area contributed by atoms with E-state index in [2.05, 4.69) is 12.1 Å². The number of rotatable bonds is 2. The molecule has 2 unspecified atom stereocenters. The molecule has 0 spiro atoms. The van der Waals surface area contributed by atoms with Crippen LogP contribution < -0.4 is 5.73 Å². The summed E-state index contributed by atoms with van der Waals surface area (Å²) in [7, 11) is 0. The summed E-state index contributed by atoms with van der Waals surface area (Å²) in [6.07, 6.45) is 3.05. The van der Waals surface area contributed by atoms with Crippen molar-refractivity contribution in [2.45, 2.75) is 36.1 Å². The molecule has 5 heteroatoms. The number of nitrogens with zero attached hydrogens (tertiary/aromatic N) is 1. The van der Waals surface area contributed by atoms with E-state index in [0.29, 0.717) is 4.99 Å². The third-order valence-corrected chi connectivity index (χ3v) is 5.57. The number of benzene rings is 1. The lowest BCUT2D eigenvalue weighted by atomic mass is 9.95. The smallest absolute Gasteiger partial charge is 0.231 e. The fraction of sp³-hybridized carbons (Fsp3) is 0.467. The summed E-state index contributed by atoms with van der Waals surface area (Å²) in [4.78, 5) is 16.5. The molecule has 0 aliphatic carbocycles. The van der Waals surface area contributed by atoms with E-state index in [0.717, 1.165) is 37.1 Å². The van der Waals surface area contributed by atoms with Gasteiger partial charge in [-0.05, 0) is 30.9 Å². The molecule has 1 aromatic rings. The Morgan fingerprint density at radius 1 is 1.35 bits per heavy atom. The lowest BCUT2D eigenvalue weighted by Gasteiger charge is -2.36. The van der Waals surface area contributed by atoms with Crippen LogP contribution in [0.15, 0.2) is 29.2 Å². The van der Waals surface area contributed by atoms with Crippen LogP contribution in [0.3, 0.4) is 0 Å². The van der Waals surface area contributed by atoms with Gasteiger partial charge < -0.3 is 10.6 Å². The van der Waals surface area contributed by atoms with Gasteiger partial charge in [0.25, 0.3) is 0 Å². The molecule has 1 aromatic carbocycles. The molecule has 0 bridgehead atoms. The second-order valence-corrected chi connectivity index (χ2v) is 6.88. The second kappa shape index (κ2) is 5.74. The number of thioether (sulfide) groups is 1. The highest BCUT2D eigenvalue weighted by molar-refractivity contribution is 7.99. The summed E-state index contributed by atoms with van der Waals surface area (Å²) in [6.45, 7) is 0.782. The van der Waals surface area contributed by atoms with Crippen LogP contribution in [0.2, 0.25) is 0 Å². The number of amides is 1. The summed E-state index contributed by atoms with van der Waals surface area (Å²) >= 11 is 6.91. The molecule has 20 heavy (non-hydrogen) atoms. The Balaban J connectivity index is 1.84. The van der Waals surface area contributed by atoms with Crippen molar-refractivity contribution in [3.05, 3.63) is 29.8 Å². The van der Waals surface area contributed by atoms with Gasteiger partial charge in [0.1, 0.15) is 0 Å². The maximum Gasteiger partial charge on any atom is 0.231 e. The minimum atomic E-state index is -0.0518. The van der Waals surface area contributed by atoms with Crippen LogP contribution in [-0.2, 0) is 4.79 Å². The molecule has 2 heterocycles. The lowest BCUT2D eigenvalue weighted by Crippen LogP contribution is -2.51. The predicted molar refractivity (Wildman–Crippen MR) is 86.0 cm³/mol. The number of thiocarbonyl (C=S) groups is 1. The molecule has 1 saturated heterocycles. The van der Waals surface area contributed by atoms with E-state index >= 15 is 0 Å². The molecule has 3 rings (SSSR count). The fourth-order valence-corrected chi connectivity index (χ4v) is 4.52. The molecule has 0 saturated carbocycles. The highest BCUT2D eigenvalue weighted by Gasteiger charge is 2.36. The van der Waals surface area contributed by atoms with Crippen LogP contribution in [0.1, 0.15) is 30.7 Å². The zero-order valence-electron chi connectivity index (χ0n) is 11.2. The van der Waals surface area contributed by atoms with Crippen molar-refractivity contribution in [2.75, 3.05) is 12.3 Å². The van der Waals surface area contributed by atoms with Gasteiger partial charge in [0, 0.05) is 17.2 Å². The average Bonchev–Trinajstić information content (AvgIpc) is 2.90. The van der Waals surface area contributed by atoms with Gasteiger partial charge in [-0.3, -0.25) is 4.79 Å². The Morgan fingerprint density at radius 2 is 2.15 bits per heavy atom. The molecule has 2 N–H and O–H groups in total. The summed E-state index contributed by atoms with van der Waals surface area (Å²) < 4.78 is 0. The van der Waals surface area contributed by atoms with E-state index in [9.17, 15) is 4.79 Å². The first-order chi connectivity index (χ1) is 9.68. The van der Waals surface area contributed by atoms with Crippen LogP contribution in [0.25, 0.3) is 0 Å². The minimum Gasteiger partial charge on any atom is -0.392 e. The van der Waals surface area contributed by atoms with Gasteiger partial charge in [-0.25, -0.2) is 0 Å². The van der Waals surface area contributed by atoms with Crippen LogP contribution in [0.4, 0.5) is 0 Å². The average molecular weight is 306 g/mol. The maximum absolute atomic E-state index is 12.9. The number of likely N-dealkylation sites (tertiary alicyclic amines) is 1. The Hall–Kier alpha value is -1.07. The summed E-state index contributed by atoms with van der Waals surface area (Å²) in [5, 5.41) is 0. The number of fused-ring (bicyclic) bond motifs is 1. The SMILES string of the molecule is NC(=S)C1CCCCN1C(=O)C1CSc2ccccc21. The largest absolute Gasteiger partial charge is 0.392 e. The van der Waals surface area contributed by atoms with Crippen molar-refractivity contribution in [1.29, 1.82) is 0 Å². The minimum absolute atomic E-state index is 0.0360. The van der Waals surface area contributed by atoms with E-state index in [1.807, 2.05) is 17.0 Å². The monoisotopic (exact) mass is 306 g/mol. The van der Waals surface area contributed by atoms with Crippen molar-refractivity contribution in [3.8, 4) is 0 Å². The number of piperidine rings is 1. The van der Waals surface area contributed by atoms with Crippen molar-refractivity contribution in [3.63, 3.8) is 0 Å². The zero-order chi connectivity index (χ0) is 14.1. The first kappa shape index (κ1) is 13.9. The van der Waals surface area contributed by atoms with E-state index in [1.165, 1.54) is 4.90 Å². The third-order valence-electron chi connectivity index (χ3n) is 4.11. The van der Waals surface area contributed by atoms with Crippen LogP contribution in [0, 0.1) is 0 Å². The highest BCUT2D eigenvalue weighted by atomic mass is 32.2. The van der Waals surface area contributed by atoms with Crippen molar-refractivity contribution >= 4 is 34.9 Å². The van der Waals surface area contributed by atoms with Gasteiger partial charge in [0.15, 0.2) is 0 Å². The Kier molecular flexibility index (Phi) is 3.98. The Labute approximate surface area is 128 Å². The van der Waals surface area contributed by atoms with Gasteiger partial charge in [0.2, 0.25) is 5.91 Å². The van der Waals surface area contributed by atoms with E-state index in [4.69, 9.17) is 18.0 Å². The molecule has 2 atom stereocenters. The van der Waals surface area contributed by atoms with Crippen LogP contribution >= 0.6 is 24.0 Å². The van der Waals surface area contributed by atoms with Gasteiger partial charge in [0.05, 0.1) is 16.9 Å². The molecule has 2 aliphatic heterocycles. The first-order valence-electron chi connectivity index (χ1n) is 7.00. The number of nitrogens with two attached hydrogens (primary N) is 1. The normalized spacial score (nSPS) is 25.3. The number of carbonyl (C=O) groups excluding carboxylic acids is 1. The van der Waals surface area contributed by atoms with E-state index < -0.39 is 0 Å². The van der Waals surface area contributed by atoms with Gasteiger partial charge in [-0.2, -0.15) is 0 Å². The standard InChI is InChI=1S/C15H18N2OS2/c16-14(19)12-6-3-4-8-17(12)15(18)11-9-20-13-7-2-1-5-10(11)13/h1-2,5,7,11-12H,3-4,6,8-9H2,(H2,16,19). The van der Waals surface area contributed by atoms with E-state index in [-0.39, 0.29) is 17.9 Å². The quantitative estimate of drug-likeness (QED) is 0.853. The van der Waals surface area contributed by atoms with Crippen LogP contribution in [-0.4, -0.2) is 34.1 Å². The molecular weight excluding hydrogens is 288 g/mol. The van der Waals surface area contributed by atoms with Crippen LogP contribution in [0.5, 0.6) is 0 Å². The predicted octanol–water partition coefficient (Wildman–Crippen LogP) is 2.54. The summed E-state index contributed by atoms with van der Waals surface area (Å²) in [5.74, 6) is 0.991. The third kappa shape index (κ3) is 2.44. The molecule has 0 radical (unpaired) electrons. The number of hydrogen-bond acceptors (Lipinski definition) is 3. The molecule has 0 aromatic heterocycles. The number of carbonyl (C=O) groups is 1. The fourth-order valence-electron chi connectivity index (χ4n) is 3.06.